The highest BCUT2D eigenvalue weighted by Crippen LogP contribution is 2.31. The molecule has 0 amide bonds. The van der Waals surface area contributed by atoms with Crippen molar-refractivity contribution in [2.24, 2.45) is 0 Å². The van der Waals surface area contributed by atoms with Crippen molar-refractivity contribution in [3.05, 3.63) is 28.5 Å². The molecule has 0 fully saturated rings. The van der Waals surface area contributed by atoms with Gasteiger partial charge in [-0.15, -0.1) is 0 Å². The number of hydrogen-bond donors (Lipinski definition) is 0. The maximum absolute atomic E-state index is 13.0. The van der Waals surface area contributed by atoms with Crippen molar-refractivity contribution in [2.45, 2.75) is 5.75 Å². The van der Waals surface area contributed by atoms with Crippen LogP contribution in [-0.4, -0.2) is 15.5 Å². The third-order valence-electron chi connectivity index (χ3n) is 1.69. The van der Waals surface area contributed by atoms with E-state index < -0.39 is 20.6 Å². The molecular formula is C8H7Cl2FO3S. The average Bonchev–Trinajstić information content (AvgIpc) is 2.11. The summed E-state index contributed by atoms with van der Waals surface area (Å²) in [4.78, 5) is 0. The van der Waals surface area contributed by atoms with E-state index in [-0.39, 0.29) is 16.3 Å². The van der Waals surface area contributed by atoms with Crippen molar-refractivity contribution in [2.75, 3.05) is 7.11 Å². The van der Waals surface area contributed by atoms with Gasteiger partial charge in [0.15, 0.2) is 0 Å². The van der Waals surface area contributed by atoms with Gasteiger partial charge in [0.05, 0.1) is 17.9 Å². The van der Waals surface area contributed by atoms with Gasteiger partial charge in [-0.25, -0.2) is 12.8 Å². The maximum Gasteiger partial charge on any atom is 0.236 e. The molecule has 0 bridgehead atoms. The molecule has 0 aliphatic heterocycles. The molecule has 0 atom stereocenters. The highest BCUT2D eigenvalue weighted by molar-refractivity contribution is 8.13. The zero-order valence-corrected chi connectivity index (χ0v) is 9.96. The summed E-state index contributed by atoms with van der Waals surface area (Å²) in [5.74, 6) is -1.10. The summed E-state index contributed by atoms with van der Waals surface area (Å²) in [5.41, 5.74) is 0.0224. The minimum absolute atomic E-state index is 0.0224. The second-order valence-electron chi connectivity index (χ2n) is 2.73. The van der Waals surface area contributed by atoms with Crippen LogP contribution in [0.2, 0.25) is 5.02 Å². The molecule has 15 heavy (non-hydrogen) atoms. The molecule has 3 nitrogen and oxygen atoms in total. The number of halogens is 3. The van der Waals surface area contributed by atoms with E-state index in [9.17, 15) is 12.8 Å². The Balaban J connectivity index is 3.30. The Bertz CT molecular complexity index is 473. The average molecular weight is 273 g/mol. The summed E-state index contributed by atoms with van der Waals surface area (Å²) in [6, 6.07) is 2.38. The number of benzene rings is 1. The van der Waals surface area contributed by atoms with Crippen LogP contribution in [0.4, 0.5) is 4.39 Å². The first-order chi connectivity index (χ1) is 6.85. The smallest absolute Gasteiger partial charge is 0.236 e. The highest BCUT2D eigenvalue weighted by Gasteiger charge is 2.18. The number of methoxy groups -OCH3 is 1. The number of hydrogen-bond acceptors (Lipinski definition) is 3. The van der Waals surface area contributed by atoms with Crippen LogP contribution in [-0.2, 0) is 14.8 Å². The zero-order chi connectivity index (χ0) is 11.6. The fourth-order valence-electron chi connectivity index (χ4n) is 1.07. The third kappa shape index (κ3) is 3.22. The second-order valence-corrected chi connectivity index (χ2v) is 5.88. The monoisotopic (exact) mass is 272 g/mol. The van der Waals surface area contributed by atoms with Crippen molar-refractivity contribution < 1.29 is 17.5 Å². The lowest BCUT2D eigenvalue weighted by atomic mass is 10.2. The van der Waals surface area contributed by atoms with E-state index in [1.807, 2.05) is 0 Å². The van der Waals surface area contributed by atoms with Crippen molar-refractivity contribution in [1.29, 1.82) is 0 Å². The molecule has 0 spiro atoms. The van der Waals surface area contributed by atoms with Gasteiger partial charge in [-0.05, 0) is 12.1 Å². The Labute approximate surface area is 96.2 Å². The molecule has 1 aromatic rings. The first-order valence-corrected chi connectivity index (χ1v) is 6.64. The van der Waals surface area contributed by atoms with E-state index in [0.29, 0.717) is 0 Å². The van der Waals surface area contributed by atoms with Crippen LogP contribution in [0.5, 0.6) is 5.75 Å². The fraction of sp³-hybridized carbons (Fsp3) is 0.250. The predicted molar refractivity (Wildman–Crippen MR) is 56.4 cm³/mol. The van der Waals surface area contributed by atoms with Crippen LogP contribution in [0, 0.1) is 5.82 Å². The van der Waals surface area contributed by atoms with E-state index >= 15 is 0 Å². The molecule has 0 aliphatic rings. The Morgan fingerprint density at radius 2 is 2.07 bits per heavy atom. The van der Waals surface area contributed by atoms with Gasteiger partial charge in [0.25, 0.3) is 0 Å². The van der Waals surface area contributed by atoms with Gasteiger partial charge in [-0.2, -0.15) is 0 Å². The molecule has 0 unspecified atom stereocenters. The Kier molecular flexibility index (Phi) is 3.81. The van der Waals surface area contributed by atoms with Crippen LogP contribution < -0.4 is 4.74 Å². The van der Waals surface area contributed by atoms with E-state index in [4.69, 9.17) is 27.0 Å². The number of rotatable bonds is 3. The van der Waals surface area contributed by atoms with Gasteiger partial charge in [-0.3, -0.25) is 0 Å². The highest BCUT2D eigenvalue weighted by atomic mass is 35.7. The van der Waals surface area contributed by atoms with Gasteiger partial charge in [-0.1, -0.05) is 11.6 Å². The summed E-state index contributed by atoms with van der Waals surface area (Å²) in [5, 5.41) is -0.293. The van der Waals surface area contributed by atoms with Crippen LogP contribution in [0.1, 0.15) is 5.56 Å². The summed E-state index contributed by atoms with van der Waals surface area (Å²) < 4.78 is 39.6. The molecule has 0 radical (unpaired) electrons. The van der Waals surface area contributed by atoms with Crippen LogP contribution >= 0.6 is 22.3 Å². The molecule has 0 aliphatic carbocycles. The van der Waals surface area contributed by atoms with Crippen LogP contribution in [0.25, 0.3) is 0 Å². The molecule has 0 N–H and O–H groups in total. The van der Waals surface area contributed by atoms with Crippen LogP contribution in [0.15, 0.2) is 12.1 Å². The van der Waals surface area contributed by atoms with E-state index in [1.165, 1.54) is 13.2 Å². The van der Waals surface area contributed by atoms with Crippen molar-refractivity contribution in [3.8, 4) is 5.75 Å². The maximum atomic E-state index is 13.0. The second kappa shape index (κ2) is 4.55. The lowest BCUT2D eigenvalue weighted by Gasteiger charge is -2.09. The van der Waals surface area contributed by atoms with Gasteiger partial charge >= 0.3 is 0 Å². The van der Waals surface area contributed by atoms with Crippen molar-refractivity contribution in [3.63, 3.8) is 0 Å². The standard InChI is InChI=1S/C8H7Cl2FO3S/c1-14-7-3-2-6(11)8(9)5(7)4-15(10,12)13/h2-3H,4H2,1H3. The van der Waals surface area contributed by atoms with Gasteiger partial charge in [0.2, 0.25) is 9.05 Å². The summed E-state index contributed by atoms with van der Waals surface area (Å²) in [6.07, 6.45) is 0. The summed E-state index contributed by atoms with van der Waals surface area (Å²) >= 11 is 5.61. The molecular weight excluding hydrogens is 266 g/mol. The Morgan fingerprint density at radius 3 is 2.53 bits per heavy atom. The van der Waals surface area contributed by atoms with Gasteiger partial charge in [0, 0.05) is 16.2 Å². The molecule has 7 heteroatoms. The van der Waals surface area contributed by atoms with Crippen LogP contribution in [0.3, 0.4) is 0 Å². The minimum atomic E-state index is -3.81. The first-order valence-electron chi connectivity index (χ1n) is 3.78. The fourth-order valence-corrected chi connectivity index (χ4v) is 2.33. The first kappa shape index (κ1) is 12.5. The SMILES string of the molecule is COc1ccc(F)c(Cl)c1CS(=O)(=O)Cl. The summed E-state index contributed by atoms with van der Waals surface area (Å²) in [6.45, 7) is 0. The molecule has 84 valence electrons. The molecule has 1 aromatic carbocycles. The topological polar surface area (TPSA) is 43.4 Å². The molecule has 0 saturated heterocycles. The zero-order valence-electron chi connectivity index (χ0n) is 7.63. The molecule has 0 heterocycles. The van der Waals surface area contributed by atoms with E-state index in [0.717, 1.165) is 6.07 Å². The molecule has 0 saturated carbocycles. The van der Waals surface area contributed by atoms with Crippen molar-refractivity contribution >= 4 is 31.3 Å². The molecule has 0 aromatic heterocycles. The largest absolute Gasteiger partial charge is 0.496 e. The van der Waals surface area contributed by atoms with E-state index in [2.05, 4.69) is 0 Å². The van der Waals surface area contributed by atoms with Gasteiger partial charge in [0.1, 0.15) is 11.6 Å². The summed E-state index contributed by atoms with van der Waals surface area (Å²) in [7, 11) is 2.58. The normalized spacial score (nSPS) is 11.5. The predicted octanol–water partition coefficient (Wildman–Crippen LogP) is 2.56. The van der Waals surface area contributed by atoms with Gasteiger partial charge < -0.3 is 4.74 Å². The Hall–Kier alpha value is -0.520. The third-order valence-corrected chi connectivity index (χ3v) is 3.06. The quantitative estimate of drug-likeness (QED) is 0.795. The molecule has 1 rings (SSSR count). The van der Waals surface area contributed by atoms with E-state index in [1.54, 1.807) is 0 Å². The van der Waals surface area contributed by atoms with Crippen molar-refractivity contribution in [1.82, 2.24) is 0 Å². The Morgan fingerprint density at radius 1 is 1.47 bits per heavy atom. The lowest BCUT2D eigenvalue weighted by molar-refractivity contribution is 0.410. The lowest BCUT2D eigenvalue weighted by Crippen LogP contribution is -2.00. The minimum Gasteiger partial charge on any atom is -0.496 e. The number of ether oxygens (including phenoxy) is 1.